The number of ether oxygens (including phenoxy) is 1. The van der Waals surface area contributed by atoms with Gasteiger partial charge in [0.05, 0.1) is 18.4 Å². The molecule has 5 nitrogen and oxygen atoms in total. The van der Waals surface area contributed by atoms with Crippen molar-refractivity contribution in [2.45, 2.75) is 26.0 Å². The molecular formula is C17H20FN3O2. The molecule has 0 fully saturated rings. The van der Waals surface area contributed by atoms with Crippen LogP contribution in [-0.4, -0.2) is 39.7 Å². The molecule has 1 aromatic carbocycles. The van der Waals surface area contributed by atoms with Crippen molar-refractivity contribution in [2.75, 3.05) is 19.7 Å². The van der Waals surface area contributed by atoms with Crippen molar-refractivity contribution in [1.29, 1.82) is 0 Å². The van der Waals surface area contributed by atoms with Crippen LogP contribution in [0.1, 0.15) is 29.8 Å². The Morgan fingerprint density at radius 3 is 3.04 bits per heavy atom. The number of benzene rings is 1. The van der Waals surface area contributed by atoms with E-state index in [-0.39, 0.29) is 5.82 Å². The summed E-state index contributed by atoms with van der Waals surface area (Å²) >= 11 is 0. The molecule has 0 amide bonds. The van der Waals surface area contributed by atoms with Crippen LogP contribution in [0.4, 0.5) is 4.39 Å². The van der Waals surface area contributed by atoms with Crippen molar-refractivity contribution in [2.24, 2.45) is 0 Å². The molecule has 1 atom stereocenters. The summed E-state index contributed by atoms with van der Waals surface area (Å²) in [6.07, 6.45) is 1.59. The highest BCUT2D eigenvalue weighted by atomic mass is 19.1. The Hall–Kier alpha value is -2.05. The van der Waals surface area contributed by atoms with Gasteiger partial charge in [-0.25, -0.2) is 14.4 Å². The van der Waals surface area contributed by atoms with Gasteiger partial charge in [-0.2, -0.15) is 0 Å². The molecule has 122 valence electrons. The van der Waals surface area contributed by atoms with Gasteiger partial charge in [-0.05, 0) is 24.6 Å². The largest absolute Gasteiger partial charge is 0.478 e. The Labute approximate surface area is 134 Å². The van der Waals surface area contributed by atoms with Gasteiger partial charge in [0.15, 0.2) is 0 Å². The van der Waals surface area contributed by atoms with E-state index in [0.29, 0.717) is 31.1 Å². The number of hydrogen-bond donors (Lipinski definition) is 1. The van der Waals surface area contributed by atoms with Crippen LogP contribution in [0.25, 0.3) is 0 Å². The van der Waals surface area contributed by atoms with Crippen LogP contribution in [0.5, 0.6) is 5.88 Å². The van der Waals surface area contributed by atoms with Gasteiger partial charge in [0, 0.05) is 31.6 Å². The van der Waals surface area contributed by atoms with E-state index < -0.39 is 6.10 Å². The summed E-state index contributed by atoms with van der Waals surface area (Å²) in [5, 5.41) is 10.3. The van der Waals surface area contributed by atoms with Crippen molar-refractivity contribution in [3.63, 3.8) is 0 Å². The second-order valence-corrected chi connectivity index (χ2v) is 5.59. The first-order valence-electron chi connectivity index (χ1n) is 7.78. The minimum absolute atomic E-state index is 0.336. The number of β-amino-alcohol motifs (C(OH)–C–C–N with tert-alkyl or cyclic N) is 1. The highest BCUT2D eigenvalue weighted by Crippen LogP contribution is 2.26. The maximum Gasteiger partial charge on any atom is 0.221 e. The average Bonchev–Trinajstić information content (AvgIpc) is 2.55. The van der Waals surface area contributed by atoms with Crippen LogP contribution >= 0.6 is 0 Å². The van der Waals surface area contributed by atoms with Crippen LogP contribution < -0.4 is 4.74 Å². The molecule has 0 radical (unpaired) electrons. The SMILES string of the molecule is CCOc1ncnc2c1CN(C[C@@H](O)c1cccc(F)c1)CC2. The van der Waals surface area contributed by atoms with Crippen LogP contribution in [-0.2, 0) is 13.0 Å². The van der Waals surface area contributed by atoms with Crippen molar-refractivity contribution in [1.82, 2.24) is 14.9 Å². The van der Waals surface area contributed by atoms with Gasteiger partial charge in [0.1, 0.15) is 12.1 Å². The van der Waals surface area contributed by atoms with E-state index in [2.05, 4.69) is 14.9 Å². The van der Waals surface area contributed by atoms with Gasteiger partial charge >= 0.3 is 0 Å². The van der Waals surface area contributed by atoms with Gasteiger partial charge in [-0.15, -0.1) is 0 Å². The Morgan fingerprint density at radius 2 is 2.26 bits per heavy atom. The molecule has 1 aliphatic heterocycles. The third-order valence-corrected chi connectivity index (χ3v) is 3.99. The lowest BCUT2D eigenvalue weighted by Gasteiger charge is -2.30. The van der Waals surface area contributed by atoms with E-state index >= 15 is 0 Å². The number of rotatable bonds is 5. The lowest BCUT2D eigenvalue weighted by molar-refractivity contribution is 0.104. The topological polar surface area (TPSA) is 58.5 Å². The molecule has 2 heterocycles. The Balaban J connectivity index is 1.72. The van der Waals surface area contributed by atoms with Crippen molar-refractivity contribution in [3.05, 3.63) is 53.2 Å². The summed E-state index contributed by atoms with van der Waals surface area (Å²) < 4.78 is 18.9. The third-order valence-electron chi connectivity index (χ3n) is 3.99. The summed E-state index contributed by atoms with van der Waals surface area (Å²) in [6.45, 7) is 4.32. The molecule has 1 aliphatic rings. The maximum absolute atomic E-state index is 13.3. The van der Waals surface area contributed by atoms with Gasteiger partial charge in [-0.1, -0.05) is 12.1 Å². The lowest BCUT2D eigenvalue weighted by Crippen LogP contribution is -2.35. The second-order valence-electron chi connectivity index (χ2n) is 5.59. The van der Waals surface area contributed by atoms with Crippen molar-refractivity contribution < 1.29 is 14.2 Å². The number of aliphatic hydroxyl groups is 1. The number of fused-ring (bicyclic) bond motifs is 1. The van der Waals surface area contributed by atoms with E-state index in [0.717, 1.165) is 24.2 Å². The Morgan fingerprint density at radius 1 is 1.39 bits per heavy atom. The molecule has 1 aromatic heterocycles. The summed E-state index contributed by atoms with van der Waals surface area (Å²) in [5.74, 6) is 0.278. The van der Waals surface area contributed by atoms with E-state index in [9.17, 15) is 9.50 Å². The molecule has 0 bridgehead atoms. The third kappa shape index (κ3) is 3.65. The van der Waals surface area contributed by atoms with Crippen molar-refractivity contribution >= 4 is 0 Å². The smallest absolute Gasteiger partial charge is 0.221 e. The zero-order valence-electron chi connectivity index (χ0n) is 13.1. The zero-order chi connectivity index (χ0) is 16.2. The molecule has 1 N–H and O–H groups in total. The van der Waals surface area contributed by atoms with Crippen molar-refractivity contribution in [3.8, 4) is 5.88 Å². The molecule has 6 heteroatoms. The van der Waals surface area contributed by atoms with E-state index in [1.807, 2.05) is 6.92 Å². The number of nitrogens with zero attached hydrogens (tertiary/aromatic N) is 3. The van der Waals surface area contributed by atoms with Crippen LogP contribution in [0.2, 0.25) is 0 Å². The van der Waals surface area contributed by atoms with Crippen LogP contribution in [0.3, 0.4) is 0 Å². The predicted molar refractivity (Wildman–Crippen MR) is 83.5 cm³/mol. The minimum atomic E-state index is -0.729. The first-order chi connectivity index (χ1) is 11.2. The quantitative estimate of drug-likeness (QED) is 0.915. The first-order valence-corrected chi connectivity index (χ1v) is 7.78. The molecule has 0 unspecified atom stereocenters. The molecule has 23 heavy (non-hydrogen) atoms. The summed E-state index contributed by atoms with van der Waals surface area (Å²) in [7, 11) is 0. The van der Waals surface area contributed by atoms with Crippen LogP contribution in [0, 0.1) is 5.82 Å². The number of hydrogen-bond acceptors (Lipinski definition) is 5. The first kappa shape index (κ1) is 15.8. The maximum atomic E-state index is 13.3. The summed E-state index contributed by atoms with van der Waals surface area (Å²) in [4.78, 5) is 10.6. The summed E-state index contributed by atoms with van der Waals surface area (Å²) in [6, 6.07) is 6.09. The molecule has 2 aromatic rings. The number of halogens is 1. The lowest BCUT2D eigenvalue weighted by atomic mass is 10.0. The second kappa shape index (κ2) is 7.02. The molecule has 0 spiro atoms. The van der Waals surface area contributed by atoms with Gasteiger partial charge in [0.25, 0.3) is 0 Å². The van der Waals surface area contributed by atoms with E-state index in [1.54, 1.807) is 12.1 Å². The molecule has 3 rings (SSSR count). The average molecular weight is 317 g/mol. The Bertz CT molecular complexity index is 681. The Kier molecular flexibility index (Phi) is 4.83. The van der Waals surface area contributed by atoms with Crippen LogP contribution in [0.15, 0.2) is 30.6 Å². The fourth-order valence-corrected chi connectivity index (χ4v) is 2.85. The molecule has 0 aliphatic carbocycles. The number of aliphatic hydroxyl groups excluding tert-OH is 1. The highest BCUT2D eigenvalue weighted by Gasteiger charge is 2.23. The van der Waals surface area contributed by atoms with Gasteiger partial charge in [0.2, 0.25) is 5.88 Å². The zero-order valence-corrected chi connectivity index (χ0v) is 13.1. The summed E-state index contributed by atoms with van der Waals surface area (Å²) in [5.41, 5.74) is 2.57. The van der Waals surface area contributed by atoms with E-state index in [4.69, 9.17) is 4.74 Å². The predicted octanol–water partition coefficient (Wildman–Crippen LogP) is 2.11. The van der Waals surface area contributed by atoms with Gasteiger partial charge in [-0.3, -0.25) is 4.90 Å². The minimum Gasteiger partial charge on any atom is -0.478 e. The fraction of sp³-hybridized carbons (Fsp3) is 0.412. The normalized spacial score (nSPS) is 16.0. The highest BCUT2D eigenvalue weighted by molar-refractivity contribution is 5.31. The standard InChI is InChI=1S/C17H20FN3O2/c1-2-23-17-14-9-21(7-6-15(14)19-11-20-17)10-16(22)12-4-3-5-13(18)8-12/h3-5,8,11,16,22H,2,6-7,9-10H2,1H3/t16-/m1/s1. The molecule has 0 saturated carbocycles. The number of aromatic nitrogens is 2. The monoisotopic (exact) mass is 317 g/mol. The van der Waals surface area contributed by atoms with E-state index in [1.165, 1.54) is 18.5 Å². The van der Waals surface area contributed by atoms with Gasteiger partial charge < -0.3 is 9.84 Å². The molecule has 0 saturated heterocycles. The molecular weight excluding hydrogens is 297 g/mol. The fourth-order valence-electron chi connectivity index (χ4n) is 2.85.